The smallest absolute Gasteiger partial charge is 0.323 e. The fraction of sp³-hybridized carbons (Fsp3) is 0.500. The number of carbonyl (C=O) groups is 2. The van der Waals surface area contributed by atoms with Crippen LogP contribution in [0.1, 0.15) is 26.2 Å². The van der Waals surface area contributed by atoms with Crippen LogP contribution in [0.5, 0.6) is 0 Å². The number of rotatable bonds is 7. The molecule has 27 heavy (non-hydrogen) atoms. The van der Waals surface area contributed by atoms with Crippen molar-refractivity contribution in [2.75, 3.05) is 35.3 Å². The zero-order valence-electron chi connectivity index (χ0n) is 15.6. The third kappa shape index (κ3) is 4.65. The van der Waals surface area contributed by atoms with Gasteiger partial charge in [0.2, 0.25) is 11.8 Å². The first-order chi connectivity index (χ1) is 13.0. The van der Waals surface area contributed by atoms with E-state index in [4.69, 9.17) is 0 Å². The van der Waals surface area contributed by atoms with Crippen molar-refractivity contribution in [2.45, 2.75) is 32.2 Å². The maximum Gasteiger partial charge on any atom is 0.323 e. The zero-order valence-corrected chi connectivity index (χ0v) is 16.4. The minimum Gasteiger partial charge on any atom is -0.370 e. The van der Waals surface area contributed by atoms with Gasteiger partial charge >= 0.3 is 5.69 Å². The lowest BCUT2D eigenvalue weighted by molar-refractivity contribution is -0.125. The van der Waals surface area contributed by atoms with Gasteiger partial charge in [-0.2, -0.15) is 11.8 Å². The minimum atomic E-state index is -0.595. The number of benzene rings is 1. The highest BCUT2D eigenvalue weighted by atomic mass is 32.2. The van der Waals surface area contributed by atoms with Crippen LogP contribution in [0.2, 0.25) is 0 Å². The highest BCUT2D eigenvalue weighted by Crippen LogP contribution is 2.32. The molecule has 1 atom stereocenters. The normalized spacial score (nSPS) is 15.1. The van der Waals surface area contributed by atoms with E-state index in [1.165, 1.54) is 6.92 Å². The predicted octanol–water partition coefficient (Wildman–Crippen LogP) is 1.65. The summed E-state index contributed by atoms with van der Waals surface area (Å²) in [7, 11) is 0. The Morgan fingerprint density at radius 2 is 1.89 bits per heavy atom. The van der Waals surface area contributed by atoms with Crippen LogP contribution in [-0.4, -0.2) is 52.9 Å². The number of imidazole rings is 1. The molecule has 2 aromatic rings. The van der Waals surface area contributed by atoms with Gasteiger partial charge in [-0.05, 0) is 43.4 Å². The number of aromatic nitrogens is 2. The Labute approximate surface area is 161 Å². The van der Waals surface area contributed by atoms with Gasteiger partial charge in [0.05, 0.1) is 22.4 Å². The van der Waals surface area contributed by atoms with Crippen LogP contribution in [0.25, 0.3) is 11.0 Å². The molecule has 3 rings (SSSR count). The van der Waals surface area contributed by atoms with Crippen LogP contribution in [0, 0.1) is 0 Å². The molecule has 4 N–H and O–H groups in total. The summed E-state index contributed by atoms with van der Waals surface area (Å²) < 4.78 is 0. The number of nitrogens with one attached hydrogen (secondary N) is 4. The number of hydrogen-bond acceptors (Lipinski definition) is 5. The molecule has 0 unspecified atom stereocenters. The number of fused-ring (bicyclic) bond motifs is 1. The number of amides is 2. The number of hydrogen-bond donors (Lipinski definition) is 4. The van der Waals surface area contributed by atoms with E-state index in [1.807, 2.05) is 12.3 Å². The van der Waals surface area contributed by atoms with Crippen LogP contribution in [0.15, 0.2) is 16.9 Å². The highest BCUT2D eigenvalue weighted by molar-refractivity contribution is 7.98. The molecule has 0 radical (unpaired) electrons. The van der Waals surface area contributed by atoms with Gasteiger partial charge in [0.1, 0.15) is 6.04 Å². The average Bonchev–Trinajstić information content (AvgIpc) is 3.25. The molecule has 0 bridgehead atoms. The van der Waals surface area contributed by atoms with Crippen molar-refractivity contribution >= 4 is 46.0 Å². The molecule has 1 aromatic carbocycles. The predicted molar refractivity (Wildman–Crippen MR) is 110 cm³/mol. The summed E-state index contributed by atoms with van der Waals surface area (Å²) in [5, 5.41) is 5.69. The van der Waals surface area contributed by atoms with Crippen LogP contribution in [0.4, 0.5) is 11.4 Å². The third-order valence-corrected chi connectivity index (χ3v) is 5.29. The van der Waals surface area contributed by atoms with Gasteiger partial charge in [-0.15, -0.1) is 0 Å². The largest absolute Gasteiger partial charge is 0.370 e. The number of H-pyrrole nitrogens is 2. The summed E-state index contributed by atoms with van der Waals surface area (Å²) >= 11 is 1.63. The summed E-state index contributed by atoms with van der Waals surface area (Å²) in [4.78, 5) is 43.7. The lowest BCUT2D eigenvalue weighted by Crippen LogP contribution is -2.43. The first-order valence-electron chi connectivity index (χ1n) is 9.06. The summed E-state index contributed by atoms with van der Waals surface area (Å²) in [5.41, 5.74) is 2.59. The Morgan fingerprint density at radius 3 is 2.52 bits per heavy atom. The lowest BCUT2D eigenvalue weighted by Gasteiger charge is -2.23. The number of aromatic amines is 2. The summed E-state index contributed by atoms with van der Waals surface area (Å²) in [5.74, 6) is 0.278. The molecule has 9 heteroatoms. The van der Waals surface area contributed by atoms with Gasteiger partial charge in [-0.25, -0.2) is 4.79 Å². The van der Waals surface area contributed by atoms with Crippen LogP contribution in [-0.2, 0) is 9.59 Å². The van der Waals surface area contributed by atoms with Gasteiger partial charge in [0.25, 0.3) is 0 Å². The SMILES string of the molecule is CSCC[C@H](NC(C)=O)C(=O)Nc1cc2[nH]c(=O)[nH]c2cc1N1CCCC1. The Hall–Kier alpha value is -2.42. The van der Waals surface area contributed by atoms with E-state index in [-0.39, 0.29) is 17.5 Å². The van der Waals surface area contributed by atoms with Crippen molar-refractivity contribution in [3.05, 3.63) is 22.6 Å². The number of anilines is 2. The van der Waals surface area contributed by atoms with E-state index in [1.54, 1.807) is 17.8 Å². The van der Waals surface area contributed by atoms with E-state index in [9.17, 15) is 14.4 Å². The monoisotopic (exact) mass is 391 g/mol. The second-order valence-electron chi connectivity index (χ2n) is 6.71. The van der Waals surface area contributed by atoms with Crippen LogP contribution in [0.3, 0.4) is 0 Å². The Balaban J connectivity index is 1.90. The molecular formula is C18H25N5O3S. The summed E-state index contributed by atoms with van der Waals surface area (Å²) in [6.07, 6.45) is 4.70. The zero-order chi connectivity index (χ0) is 19.4. The van der Waals surface area contributed by atoms with E-state index in [2.05, 4.69) is 25.5 Å². The van der Waals surface area contributed by atoms with E-state index < -0.39 is 6.04 Å². The van der Waals surface area contributed by atoms with Crippen molar-refractivity contribution in [3.63, 3.8) is 0 Å². The molecule has 146 valence electrons. The van der Waals surface area contributed by atoms with Crippen molar-refractivity contribution in [1.82, 2.24) is 15.3 Å². The molecule has 8 nitrogen and oxygen atoms in total. The third-order valence-electron chi connectivity index (χ3n) is 4.64. The first-order valence-corrected chi connectivity index (χ1v) is 10.4. The van der Waals surface area contributed by atoms with E-state index in [0.717, 1.165) is 37.4 Å². The van der Waals surface area contributed by atoms with E-state index in [0.29, 0.717) is 23.1 Å². The lowest BCUT2D eigenvalue weighted by atomic mass is 10.1. The van der Waals surface area contributed by atoms with Crippen molar-refractivity contribution in [3.8, 4) is 0 Å². The maximum absolute atomic E-state index is 12.8. The van der Waals surface area contributed by atoms with Gasteiger partial charge in [0, 0.05) is 20.0 Å². The van der Waals surface area contributed by atoms with Gasteiger partial charge in [-0.3, -0.25) is 9.59 Å². The van der Waals surface area contributed by atoms with Gasteiger partial charge < -0.3 is 25.5 Å². The average molecular weight is 391 g/mol. The molecule has 2 heterocycles. The van der Waals surface area contributed by atoms with Crippen LogP contribution < -0.4 is 21.2 Å². The number of nitrogens with zero attached hydrogens (tertiary/aromatic N) is 1. The fourth-order valence-electron chi connectivity index (χ4n) is 3.36. The number of thioether (sulfide) groups is 1. The molecule has 1 aliphatic heterocycles. The molecule has 0 saturated carbocycles. The molecule has 1 fully saturated rings. The Morgan fingerprint density at radius 1 is 1.22 bits per heavy atom. The molecule has 1 saturated heterocycles. The topological polar surface area (TPSA) is 110 Å². The second kappa shape index (κ2) is 8.51. The minimum absolute atomic E-state index is 0.235. The molecule has 1 aliphatic rings. The van der Waals surface area contributed by atoms with Gasteiger partial charge in [-0.1, -0.05) is 0 Å². The van der Waals surface area contributed by atoms with Crippen molar-refractivity contribution in [2.24, 2.45) is 0 Å². The van der Waals surface area contributed by atoms with E-state index >= 15 is 0 Å². The molecular weight excluding hydrogens is 366 g/mol. The second-order valence-corrected chi connectivity index (χ2v) is 7.70. The Kier molecular flexibility index (Phi) is 6.10. The molecule has 0 aliphatic carbocycles. The quantitative estimate of drug-likeness (QED) is 0.574. The molecule has 1 aromatic heterocycles. The Bertz CT molecular complexity index is 885. The van der Waals surface area contributed by atoms with Crippen molar-refractivity contribution < 1.29 is 9.59 Å². The number of carbonyl (C=O) groups excluding carboxylic acids is 2. The van der Waals surface area contributed by atoms with Crippen molar-refractivity contribution in [1.29, 1.82) is 0 Å². The maximum atomic E-state index is 12.8. The molecule has 2 amide bonds. The summed E-state index contributed by atoms with van der Waals surface area (Å²) in [6, 6.07) is 3.07. The first kappa shape index (κ1) is 19.3. The fourth-order valence-corrected chi connectivity index (χ4v) is 3.83. The van der Waals surface area contributed by atoms with Crippen LogP contribution >= 0.6 is 11.8 Å². The molecule has 0 spiro atoms. The highest BCUT2D eigenvalue weighted by Gasteiger charge is 2.23. The standard InChI is InChI=1S/C18H25N5O3S/c1-11(24)19-12(5-8-27-2)17(25)20-15-9-13-14(22-18(26)21-13)10-16(15)23-6-3-4-7-23/h9-10,12H,3-8H2,1-2H3,(H,19,24)(H,20,25)(H2,21,22,26)/t12-/m0/s1. The van der Waals surface area contributed by atoms with Gasteiger partial charge in [0.15, 0.2) is 0 Å². The summed E-state index contributed by atoms with van der Waals surface area (Å²) in [6.45, 7) is 3.22.